The van der Waals surface area contributed by atoms with Gasteiger partial charge in [-0.2, -0.15) is 0 Å². The molecule has 0 aliphatic heterocycles. The minimum absolute atomic E-state index is 0.536. The van der Waals surface area contributed by atoms with Gasteiger partial charge in [0.05, 0.1) is 0 Å². The molecule has 1 N–H and O–H groups in total. The highest BCUT2D eigenvalue weighted by molar-refractivity contribution is 5.27. The van der Waals surface area contributed by atoms with E-state index in [-0.39, 0.29) is 0 Å². The van der Waals surface area contributed by atoms with Gasteiger partial charge in [-0.1, -0.05) is 43.0 Å². The van der Waals surface area contributed by atoms with Gasteiger partial charge in [-0.05, 0) is 29.8 Å². The van der Waals surface area contributed by atoms with E-state index in [1.165, 1.54) is 5.56 Å². The number of nitrogens with one attached hydrogen (secondary N) is 1. The Morgan fingerprint density at radius 1 is 0.905 bits per heavy atom. The van der Waals surface area contributed by atoms with Gasteiger partial charge in [-0.15, -0.1) is 0 Å². The number of rotatable bonds is 9. The molecule has 3 heteroatoms. The lowest BCUT2D eigenvalue weighted by molar-refractivity contribution is 0.313. The summed E-state index contributed by atoms with van der Waals surface area (Å²) in [6.07, 6.45) is 1.74. The van der Waals surface area contributed by atoms with Crippen LogP contribution in [0.25, 0.3) is 0 Å². The molecule has 0 radical (unpaired) electrons. The van der Waals surface area contributed by atoms with E-state index >= 15 is 0 Å². The second-order valence-corrected chi connectivity index (χ2v) is 4.58. The quantitative estimate of drug-likeness (QED) is 0.565. The molecule has 0 saturated carbocycles. The molecule has 0 bridgehead atoms. The van der Waals surface area contributed by atoms with Gasteiger partial charge in [0.2, 0.25) is 0 Å². The van der Waals surface area contributed by atoms with Gasteiger partial charge in [0, 0.05) is 13.1 Å². The lowest BCUT2D eigenvalue weighted by Crippen LogP contribution is -2.20. The van der Waals surface area contributed by atoms with Crippen LogP contribution >= 0.6 is 0 Å². The third-order valence-electron chi connectivity index (χ3n) is 2.91. The van der Waals surface area contributed by atoms with Crippen molar-refractivity contribution in [1.82, 2.24) is 5.32 Å². The molecule has 0 amide bonds. The number of para-hydroxylation sites is 1. The third kappa shape index (κ3) is 5.71. The monoisotopic (exact) mass is 283 g/mol. The number of hydrogen-bond acceptors (Lipinski definition) is 3. The molecule has 0 unspecified atom stereocenters. The molecule has 0 heterocycles. The Morgan fingerprint density at radius 2 is 1.62 bits per heavy atom. The van der Waals surface area contributed by atoms with E-state index in [1.54, 1.807) is 6.08 Å². The first-order valence-electron chi connectivity index (χ1n) is 7.09. The summed E-state index contributed by atoms with van der Waals surface area (Å²) < 4.78 is 11.1. The molecular weight excluding hydrogens is 262 g/mol. The third-order valence-corrected chi connectivity index (χ3v) is 2.91. The van der Waals surface area contributed by atoms with Crippen LogP contribution in [0.4, 0.5) is 0 Å². The van der Waals surface area contributed by atoms with Crippen LogP contribution < -0.4 is 14.8 Å². The molecule has 2 aromatic carbocycles. The van der Waals surface area contributed by atoms with E-state index in [4.69, 9.17) is 9.47 Å². The van der Waals surface area contributed by atoms with E-state index in [0.29, 0.717) is 13.2 Å². The maximum Gasteiger partial charge on any atom is 0.119 e. The van der Waals surface area contributed by atoms with Gasteiger partial charge in [-0.25, -0.2) is 0 Å². The summed E-state index contributed by atoms with van der Waals surface area (Å²) in [7, 11) is 0. The molecule has 0 aliphatic carbocycles. The van der Waals surface area contributed by atoms with Crippen LogP contribution in [0, 0.1) is 0 Å². The van der Waals surface area contributed by atoms with Crippen LogP contribution in [0.1, 0.15) is 5.56 Å². The number of benzene rings is 2. The minimum atomic E-state index is 0.536. The van der Waals surface area contributed by atoms with Crippen molar-refractivity contribution in [3.8, 4) is 11.5 Å². The molecule has 0 spiro atoms. The highest BCUT2D eigenvalue weighted by atomic mass is 16.5. The van der Waals surface area contributed by atoms with Crippen LogP contribution in [-0.4, -0.2) is 19.8 Å². The van der Waals surface area contributed by atoms with E-state index < -0.39 is 0 Å². The highest BCUT2D eigenvalue weighted by Crippen LogP contribution is 2.12. The van der Waals surface area contributed by atoms with Crippen molar-refractivity contribution in [1.29, 1.82) is 0 Å². The summed E-state index contributed by atoms with van der Waals surface area (Å²) in [5.41, 5.74) is 1.22. The zero-order chi connectivity index (χ0) is 14.8. The molecule has 2 rings (SSSR count). The molecule has 3 nitrogen and oxygen atoms in total. The predicted octanol–water partition coefficient (Wildman–Crippen LogP) is 3.42. The van der Waals surface area contributed by atoms with Crippen LogP contribution in [-0.2, 0) is 6.54 Å². The van der Waals surface area contributed by atoms with Crippen LogP contribution in [0.3, 0.4) is 0 Å². The van der Waals surface area contributed by atoms with Crippen molar-refractivity contribution in [2.45, 2.75) is 6.54 Å². The summed E-state index contributed by atoms with van der Waals surface area (Å²) in [5.74, 6) is 1.77. The van der Waals surface area contributed by atoms with E-state index in [2.05, 4.69) is 24.0 Å². The fourth-order valence-corrected chi connectivity index (χ4v) is 1.85. The molecule has 2 aromatic rings. The molecule has 110 valence electrons. The van der Waals surface area contributed by atoms with Crippen molar-refractivity contribution in [3.05, 3.63) is 72.8 Å². The summed E-state index contributed by atoms with van der Waals surface area (Å²) in [4.78, 5) is 0. The molecular formula is C18H21NO2. The Kier molecular flexibility index (Phi) is 6.36. The maximum absolute atomic E-state index is 5.62. The van der Waals surface area contributed by atoms with Crippen molar-refractivity contribution >= 4 is 0 Å². The van der Waals surface area contributed by atoms with E-state index in [1.807, 2.05) is 42.5 Å². The Balaban J connectivity index is 1.63. The van der Waals surface area contributed by atoms with Crippen LogP contribution in [0.15, 0.2) is 67.3 Å². The zero-order valence-corrected chi connectivity index (χ0v) is 12.1. The second kappa shape index (κ2) is 8.82. The van der Waals surface area contributed by atoms with Crippen molar-refractivity contribution in [2.75, 3.05) is 19.8 Å². The lowest BCUT2D eigenvalue weighted by atomic mass is 10.2. The predicted molar refractivity (Wildman–Crippen MR) is 85.8 cm³/mol. The maximum atomic E-state index is 5.62. The summed E-state index contributed by atoms with van der Waals surface area (Å²) >= 11 is 0. The van der Waals surface area contributed by atoms with Gasteiger partial charge in [0.25, 0.3) is 0 Å². The van der Waals surface area contributed by atoms with Crippen molar-refractivity contribution in [3.63, 3.8) is 0 Å². The summed E-state index contributed by atoms with van der Waals surface area (Å²) in [5, 5.41) is 3.35. The Morgan fingerprint density at radius 3 is 2.33 bits per heavy atom. The largest absolute Gasteiger partial charge is 0.492 e. The molecule has 0 saturated heterocycles. The number of ether oxygens (including phenoxy) is 2. The molecule has 21 heavy (non-hydrogen) atoms. The first-order chi connectivity index (χ1) is 10.4. The van der Waals surface area contributed by atoms with Crippen LogP contribution in [0.2, 0.25) is 0 Å². The first kappa shape index (κ1) is 15.1. The normalized spacial score (nSPS) is 10.1. The molecule has 0 atom stereocenters. The fraction of sp³-hybridized carbons (Fsp3) is 0.222. The smallest absolute Gasteiger partial charge is 0.119 e. The summed E-state index contributed by atoms with van der Waals surface area (Å²) in [6.45, 7) is 6.45. The van der Waals surface area contributed by atoms with Gasteiger partial charge in [0.15, 0.2) is 0 Å². The molecule has 0 aliphatic rings. The van der Waals surface area contributed by atoms with Crippen molar-refractivity contribution in [2.24, 2.45) is 0 Å². The van der Waals surface area contributed by atoms with Gasteiger partial charge in [0.1, 0.15) is 24.7 Å². The van der Waals surface area contributed by atoms with E-state index in [9.17, 15) is 0 Å². The highest BCUT2D eigenvalue weighted by Gasteiger charge is 1.96. The minimum Gasteiger partial charge on any atom is -0.492 e. The van der Waals surface area contributed by atoms with Crippen LogP contribution in [0.5, 0.6) is 11.5 Å². The lowest BCUT2D eigenvalue weighted by Gasteiger charge is -2.08. The standard InChI is InChI=1S/C18H21NO2/c1-2-13-20-18-10-8-16(9-11-18)15-19-12-14-21-17-6-4-3-5-7-17/h2-11,19H,1,12-15H2. The SMILES string of the molecule is C=CCOc1ccc(CNCCOc2ccccc2)cc1. The zero-order valence-electron chi connectivity index (χ0n) is 12.1. The number of hydrogen-bond donors (Lipinski definition) is 1. The Bertz CT molecular complexity index is 523. The summed E-state index contributed by atoms with van der Waals surface area (Å²) in [6, 6.07) is 17.9. The average molecular weight is 283 g/mol. The van der Waals surface area contributed by atoms with Gasteiger partial charge in [-0.3, -0.25) is 0 Å². The van der Waals surface area contributed by atoms with Gasteiger partial charge >= 0.3 is 0 Å². The fourth-order valence-electron chi connectivity index (χ4n) is 1.85. The topological polar surface area (TPSA) is 30.5 Å². The Labute approximate surface area is 126 Å². The average Bonchev–Trinajstić information content (AvgIpc) is 2.55. The second-order valence-electron chi connectivity index (χ2n) is 4.58. The molecule has 0 fully saturated rings. The van der Waals surface area contributed by atoms with Gasteiger partial charge < -0.3 is 14.8 Å². The molecule has 0 aromatic heterocycles. The first-order valence-corrected chi connectivity index (χ1v) is 7.09. The Hall–Kier alpha value is -2.26. The van der Waals surface area contributed by atoms with E-state index in [0.717, 1.165) is 24.6 Å². The van der Waals surface area contributed by atoms with Crippen molar-refractivity contribution < 1.29 is 9.47 Å².